The van der Waals surface area contributed by atoms with E-state index in [2.05, 4.69) is 10.6 Å². The van der Waals surface area contributed by atoms with Crippen LogP contribution in [0.3, 0.4) is 0 Å². The fourth-order valence-electron chi connectivity index (χ4n) is 7.55. The molecule has 11 nitrogen and oxygen atoms in total. The Morgan fingerprint density at radius 1 is 0.815 bits per heavy atom. The zero-order valence-electron chi connectivity index (χ0n) is 34.3. The predicted octanol–water partition coefficient (Wildman–Crippen LogP) is 7.12. The summed E-state index contributed by atoms with van der Waals surface area (Å²) in [5.41, 5.74) is 0.284. The molecule has 0 aromatic heterocycles. The van der Waals surface area contributed by atoms with E-state index in [-0.39, 0.29) is 23.7 Å². The van der Waals surface area contributed by atoms with Gasteiger partial charge in [0, 0.05) is 23.7 Å². The van der Waals surface area contributed by atoms with E-state index >= 15 is 0 Å². The first-order valence-corrected chi connectivity index (χ1v) is 19.3. The standard InChI is InChI=1S/C42H60BN3O8/c1-38(2,3)51-36(49)28-20-22-29(23-21-28)45-34(47)33-30-14-13-15-32(43-53-41(9,10)42(11,12)54-43)31(30)24-40(7,8)46(33)35(48)27-18-16-26(17-19-27)25-44-37(50)52-39(4,5)6/h13-15,20-23,26-27,33H,16-19,24-25H2,1-12H3,(H,44,50)(H,45,47)/t26-,27-,33?. The lowest BCUT2D eigenvalue weighted by molar-refractivity contribution is -0.151. The van der Waals surface area contributed by atoms with Crippen LogP contribution in [0.2, 0.25) is 0 Å². The van der Waals surface area contributed by atoms with Gasteiger partial charge in [-0.2, -0.15) is 0 Å². The van der Waals surface area contributed by atoms with Crippen LogP contribution in [-0.2, 0) is 34.8 Å². The minimum atomic E-state index is -0.948. The van der Waals surface area contributed by atoms with Gasteiger partial charge in [0.15, 0.2) is 0 Å². The molecule has 2 aromatic carbocycles. The Bertz CT molecular complexity index is 1720. The van der Waals surface area contributed by atoms with Gasteiger partial charge in [-0.05, 0) is 162 Å². The molecule has 3 amide bonds. The molecule has 1 atom stereocenters. The number of anilines is 1. The number of hydrogen-bond acceptors (Lipinski definition) is 8. The lowest BCUT2D eigenvalue weighted by Gasteiger charge is -2.50. The van der Waals surface area contributed by atoms with E-state index in [1.54, 1.807) is 29.2 Å². The van der Waals surface area contributed by atoms with Crippen molar-refractivity contribution in [3.05, 3.63) is 59.2 Å². The number of hydrogen-bond donors (Lipinski definition) is 2. The van der Waals surface area contributed by atoms with Gasteiger partial charge in [-0.1, -0.05) is 18.2 Å². The average molecular weight is 746 g/mol. The quantitative estimate of drug-likeness (QED) is 0.226. The van der Waals surface area contributed by atoms with Crippen molar-refractivity contribution in [2.75, 3.05) is 11.9 Å². The molecule has 2 fully saturated rings. The lowest BCUT2D eigenvalue weighted by Crippen LogP contribution is -2.59. The number of carbonyl (C=O) groups excluding carboxylic acids is 4. The van der Waals surface area contributed by atoms with Crippen molar-refractivity contribution in [2.45, 2.75) is 149 Å². The van der Waals surface area contributed by atoms with Crippen LogP contribution in [0.4, 0.5) is 10.5 Å². The van der Waals surface area contributed by atoms with Crippen molar-refractivity contribution in [3.63, 3.8) is 0 Å². The lowest BCUT2D eigenvalue weighted by atomic mass is 9.68. The highest BCUT2D eigenvalue weighted by molar-refractivity contribution is 6.62. The van der Waals surface area contributed by atoms with Crippen LogP contribution >= 0.6 is 0 Å². The smallest absolute Gasteiger partial charge is 0.456 e. The normalized spacial score (nSPS) is 23.2. The number of ether oxygens (including phenoxy) is 2. The average Bonchev–Trinajstić information content (AvgIpc) is 3.26. The molecule has 2 aromatic rings. The number of fused-ring (bicyclic) bond motifs is 1. The first-order valence-electron chi connectivity index (χ1n) is 19.3. The van der Waals surface area contributed by atoms with Gasteiger partial charge in [0.05, 0.1) is 16.8 Å². The van der Waals surface area contributed by atoms with E-state index in [0.29, 0.717) is 37.1 Å². The van der Waals surface area contributed by atoms with Crippen molar-refractivity contribution >= 4 is 42.1 Å². The second-order valence-corrected chi connectivity index (χ2v) is 18.8. The first-order chi connectivity index (χ1) is 24.9. The molecule has 294 valence electrons. The SMILES string of the molecule is CC(C)(C)OC(=O)NC[C@H]1CC[C@H](C(=O)N2C(C(=O)Nc3ccc(C(=O)OC(C)(C)C)cc3)c3cccc(B4OC(C)(C)C(C)(C)O4)c3CC2(C)C)CC1. The second-order valence-electron chi connectivity index (χ2n) is 18.8. The summed E-state index contributed by atoms with van der Waals surface area (Å²) in [6, 6.07) is 11.5. The van der Waals surface area contributed by atoms with Crippen LogP contribution in [0.25, 0.3) is 0 Å². The molecule has 1 saturated heterocycles. The number of esters is 1. The molecule has 2 N–H and O–H groups in total. The summed E-state index contributed by atoms with van der Waals surface area (Å²) < 4.78 is 23.9. The van der Waals surface area contributed by atoms with Gasteiger partial charge in [-0.15, -0.1) is 0 Å². The van der Waals surface area contributed by atoms with E-state index in [1.807, 2.05) is 101 Å². The summed E-state index contributed by atoms with van der Waals surface area (Å²) in [5, 5.41) is 5.95. The van der Waals surface area contributed by atoms with Gasteiger partial charge in [0.2, 0.25) is 5.91 Å². The zero-order valence-corrected chi connectivity index (χ0v) is 34.3. The van der Waals surface area contributed by atoms with Crippen LogP contribution < -0.4 is 16.1 Å². The summed E-state index contributed by atoms with van der Waals surface area (Å²) in [5.74, 6) is -0.930. The second kappa shape index (κ2) is 15.0. The molecule has 1 unspecified atom stereocenters. The molecule has 0 spiro atoms. The molecule has 2 heterocycles. The van der Waals surface area contributed by atoms with Gasteiger partial charge in [-0.25, -0.2) is 9.59 Å². The highest BCUT2D eigenvalue weighted by Gasteiger charge is 2.54. The third-order valence-electron chi connectivity index (χ3n) is 11.0. The van der Waals surface area contributed by atoms with Crippen molar-refractivity contribution in [3.8, 4) is 0 Å². The van der Waals surface area contributed by atoms with E-state index in [4.69, 9.17) is 18.8 Å². The molecule has 0 bridgehead atoms. The fourth-order valence-corrected chi connectivity index (χ4v) is 7.55. The van der Waals surface area contributed by atoms with Crippen LogP contribution in [0.15, 0.2) is 42.5 Å². The van der Waals surface area contributed by atoms with Crippen LogP contribution in [0, 0.1) is 11.8 Å². The van der Waals surface area contributed by atoms with Crippen molar-refractivity contribution in [2.24, 2.45) is 11.8 Å². The Hall–Kier alpha value is -3.90. The molecular formula is C42H60BN3O8. The number of nitrogens with one attached hydrogen (secondary N) is 2. The van der Waals surface area contributed by atoms with Crippen LogP contribution in [-0.4, -0.2) is 70.4 Å². The highest BCUT2D eigenvalue weighted by atomic mass is 16.7. The van der Waals surface area contributed by atoms with Gasteiger partial charge in [-0.3, -0.25) is 9.59 Å². The van der Waals surface area contributed by atoms with Gasteiger partial charge in [0.1, 0.15) is 17.2 Å². The number of benzene rings is 2. The number of rotatable bonds is 7. The van der Waals surface area contributed by atoms with Crippen molar-refractivity contribution < 1.29 is 38.0 Å². The molecule has 5 rings (SSSR count). The van der Waals surface area contributed by atoms with E-state index in [0.717, 1.165) is 29.4 Å². The van der Waals surface area contributed by atoms with Crippen molar-refractivity contribution in [1.29, 1.82) is 0 Å². The topological polar surface area (TPSA) is 132 Å². The van der Waals surface area contributed by atoms with Crippen molar-refractivity contribution in [1.82, 2.24) is 10.2 Å². The van der Waals surface area contributed by atoms with Gasteiger partial charge in [0.25, 0.3) is 5.91 Å². The number of carbonyl (C=O) groups is 4. The summed E-state index contributed by atoms with van der Waals surface area (Å²) >= 11 is 0. The summed E-state index contributed by atoms with van der Waals surface area (Å²) in [6.45, 7) is 23.5. The zero-order chi connectivity index (χ0) is 40.0. The minimum absolute atomic E-state index is 0.0642. The predicted molar refractivity (Wildman–Crippen MR) is 209 cm³/mol. The number of nitrogens with zero attached hydrogens (tertiary/aromatic N) is 1. The van der Waals surface area contributed by atoms with E-state index < -0.39 is 53.2 Å². The highest BCUT2D eigenvalue weighted by Crippen LogP contribution is 2.44. The molecule has 3 aliphatic rings. The Morgan fingerprint density at radius 3 is 1.94 bits per heavy atom. The van der Waals surface area contributed by atoms with E-state index in [9.17, 15) is 19.2 Å². The molecule has 1 saturated carbocycles. The van der Waals surface area contributed by atoms with Gasteiger partial charge < -0.3 is 34.3 Å². The Morgan fingerprint density at radius 2 is 1.39 bits per heavy atom. The largest absolute Gasteiger partial charge is 0.495 e. The molecular weight excluding hydrogens is 685 g/mol. The molecule has 12 heteroatoms. The molecule has 54 heavy (non-hydrogen) atoms. The summed E-state index contributed by atoms with van der Waals surface area (Å²) in [7, 11) is -0.642. The Kier molecular flexibility index (Phi) is 11.4. The Labute approximate surface area is 321 Å². The van der Waals surface area contributed by atoms with Crippen LogP contribution in [0.1, 0.15) is 136 Å². The minimum Gasteiger partial charge on any atom is -0.456 e. The fraction of sp³-hybridized carbons (Fsp3) is 0.619. The first kappa shape index (κ1) is 41.3. The summed E-state index contributed by atoms with van der Waals surface area (Å²) in [6.07, 6.45) is 2.88. The third kappa shape index (κ3) is 9.30. The molecule has 2 aliphatic heterocycles. The number of amides is 3. The maximum Gasteiger partial charge on any atom is 0.495 e. The third-order valence-corrected chi connectivity index (χ3v) is 11.0. The maximum atomic E-state index is 14.8. The molecule has 1 aliphatic carbocycles. The van der Waals surface area contributed by atoms with Gasteiger partial charge >= 0.3 is 19.2 Å². The molecule has 0 radical (unpaired) electrons. The van der Waals surface area contributed by atoms with E-state index in [1.165, 1.54) is 0 Å². The Balaban J connectivity index is 1.43. The summed E-state index contributed by atoms with van der Waals surface area (Å²) in [4.78, 5) is 56.2. The number of alkyl carbamates (subject to hydrolysis) is 1. The van der Waals surface area contributed by atoms with Crippen LogP contribution in [0.5, 0.6) is 0 Å². The maximum absolute atomic E-state index is 14.8. The monoisotopic (exact) mass is 745 g/mol.